The molecule has 0 atom stereocenters. The van der Waals surface area contributed by atoms with Gasteiger partial charge in [0.15, 0.2) is 0 Å². The second-order valence-electron chi connectivity index (χ2n) is 8.25. The Hall–Kier alpha value is -4.24. The summed E-state index contributed by atoms with van der Waals surface area (Å²) in [6.45, 7) is 8.53. The zero-order chi connectivity index (χ0) is 22.9. The fraction of sp³-hybridized carbons (Fsp3) is 0.0667. The number of carbonyl (C=O) groups excluding carboxylic acids is 1. The number of carbonyl (C=O) groups is 1. The normalized spacial score (nSPS) is 12.8. The first-order valence-corrected chi connectivity index (χ1v) is 11.0. The molecule has 0 N–H and O–H groups in total. The van der Waals surface area contributed by atoms with Crippen molar-refractivity contribution in [1.82, 2.24) is 0 Å². The van der Waals surface area contributed by atoms with Gasteiger partial charge in [-0.3, -0.25) is 4.79 Å². The maximum absolute atomic E-state index is 13.4. The molecule has 0 saturated carbocycles. The number of para-hydroxylation sites is 1. The van der Waals surface area contributed by atoms with Gasteiger partial charge in [-0.1, -0.05) is 91.5 Å². The summed E-state index contributed by atoms with van der Waals surface area (Å²) < 4.78 is 0. The third-order valence-electron chi connectivity index (χ3n) is 6.01. The van der Waals surface area contributed by atoms with Crippen molar-refractivity contribution in [3.05, 3.63) is 126 Å². The lowest BCUT2D eigenvalue weighted by molar-refractivity contribution is 0.106. The molecule has 0 unspecified atom stereocenters. The van der Waals surface area contributed by atoms with Crippen molar-refractivity contribution < 1.29 is 4.79 Å². The van der Waals surface area contributed by atoms with E-state index in [1.54, 1.807) is 0 Å². The fourth-order valence-corrected chi connectivity index (χ4v) is 4.37. The molecule has 0 saturated heterocycles. The standard InChI is InChI=1S/C30H24N2O/c1-20-11-10-12-21(2)29(20)32-22(3)28(30(33)24-15-8-5-9-16-24)31-26-18-17-25(19-27(26)32)23-13-6-4-7-14-23/h4-19H,3H2,1-2H3. The highest BCUT2D eigenvalue weighted by Crippen LogP contribution is 2.45. The Morgan fingerprint density at radius 2 is 1.39 bits per heavy atom. The lowest BCUT2D eigenvalue weighted by Gasteiger charge is -2.34. The third-order valence-corrected chi connectivity index (χ3v) is 6.01. The van der Waals surface area contributed by atoms with Gasteiger partial charge >= 0.3 is 0 Å². The summed E-state index contributed by atoms with van der Waals surface area (Å²) in [6, 6.07) is 31.9. The average Bonchev–Trinajstić information content (AvgIpc) is 2.85. The lowest BCUT2D eigenvalue weighted by atomic mass is 9.97. The summed E-state index contributed by atoms with van der Waals surface area (Å²) in [4.78, 5) is 20.3. The molecule has 0 fully saturated rings. The second kappa shape index (κ2) is 8.36. The Balaban J connectivity index is 1.73. The van der Waals surface area contributed by atoms with Gasteiger partial charge in [0.2, 0.25) is 5.78 Å². The molecule has 5 rings (SSSR count). The molecule has 1 heterocycles. The largest absolute Gasteiger partial charge is 0.306 e. The van der Waals surface area contributed by atoms with Crippen molar-refractivity contribution in [2.75, 3.05) is 4.90 Å². The van der Waals surface area contributed by atoms with Gasteiger partial charge in [-0.2, -0.15) is 0 Å². The van der Waals surface area contributed by atoms with E-state index in [9.17, 15) is 4.79 Å². The molecule has 3 nitrogen and oxygen atoms in total. The van der Waals surface area contributed by atoms with Crippen LogP contribution in [0.25, 0.3) is 11.1 Å². The predicted molar refractivity (Wildman–Crippen MR) is 137 cm³/mol. The van der Waals surface area contributed by atoms with Gasteiger partial charge in [0, 0.05) is 5.56 Å². The number of ketones is 1. The van der Waals surface area contributed by atoms with E-state index in [4.69, 9.17) is 4.99 Å². The molecule has 4 aromatic rings. The van der Waals surface area contributed by atoms with Crippen LogP contribution in [0.2, 0.25) is 0 Å². The number of aliphatic imine (C=N–C) groups is 1. The van der Waals surface area contributed by atoms with E-state index in [0.717, 1.165) is 39.3 Å². The van der Waals surface area contributed by atoms with Crippen molar-refractivity contribution in [3.63, 3.8) is 0 Å². The van der Waals surface area contributed by atoms with Gasteiger partial charge in [-0.15, -0.1) is 0 Å². The fourth-order valence-electron chi connectivity index (χ4n) is 4.37. The number of aryl methyl sites for hydroxylation is 2. The molecule has 0 aliphatic carbocycles. The SMILES string of the molecule is C=C1C(C(=O)c2ccccc2)=Nc2ccc(-c3ccccc3)cc2N1c1c(C)cccc1C. The van der Waals surface area contributed by atoms with Gasteiger partial charge in [0.05, 0.1) is 22.8 Å². The summed E-state index contributed by atoms with van der Waals surface area (Å²) in [6.07, 6.45) is 0. The number of benzene rings is 4. The average molecular weight is 429 g/mol. The van der Waals surface area contributed by atoms with E-state index < -0.39 is 0 Å². The van der Waals surface area contributed by atoms with Crippen LogP contribution in [0.4, 0.5) is 17.1 Å². The first kappa shape index (κ1) is 20.7. The predicted octanol–water partition coefficient (Wildman–Crippen LogP) is 7.59. The van der Waals surface area contributed by atoms with Crippen LogP contribution >= 0.6 is 0 Å². The highest BCUT2D eigenvalue weighted by atomic mass is 16.1. The summed E-state index contributed by atoms with van der Waals surface area (Å²) in [7, 11) is 0. The van der Waals surface area contributed by atoms with Crippen molar-refractivity contribution >= 4 is 28.6 Å². The van der Waals surface area contributed by atoms with Gasteiger partial charge in [0.1, 0.15) is 5.71 Å². The number of anilines is 2. The topological polar surface area (TPSA) is 32.7 Å². The Bertz CT molecular complexity index is 1380. The Kier molecular flexibility index (Phi) is 5.23. The van der Waals surface area contributed by atoms with Crippen LogP contribution in [0.5, 0.6) is 0 Å². The molecule has 0 amide bonds. The van der Waals surface area contributed by atoms with E-state index in [1.807, 2.05) is 60.7 Å². The van der Waals surface area contributed by atoms with Crippen molar-refractivity contribution in [1.29, 1.82) is 0 Å². The monoisotopic (exact) mass is 428 g/mol. The lowest BCUT2D eigenvalue weighted by Crippen LogP contribution is -2.31. The maximum Gasteiger partial charge on any atom is 0.213 e. The molecule has 0 spiro atoms. The summed E-state index contributed by atoms with van der Waals surface area (Å²) >= 11 is 0. The third kappa shape index (κ3) is 3.68. The number of fused-ring (bicyclic) bond motifs is 1. The van der Waals surface area contributed by atoms with Crippen LogP contribution in [0.3, 0.4) is 0 Å². The quantitative estimate of drug-likeness (QED) is 0.314. The molecule has 1 aliphatic rings. The van der Waals surface area contributed by atoms with Gasteiger partial charge in [0.25, 0.3) is 0 Å². The van der Waals surface area contributed by atoms with Crippen molar-refractivity contribution in [2.24, 2.45) is 4.99 Å². The number of nitrogens with zero attached hydrogens (tertiary/aromatic N) is 2. The molecule has 160 valence electrons. The molecular formula is C30H24N2O. The number of Topliss-reactive ketones (excluding diaryl/α,β-unsaturated/α-hetero) is 1. The molecule has 0 radical (unpaired) electrons. The number of hydrogen-bond acceptors (Lipinski definition) is 3. The van der Waals surface area contributed by atoms with E-state index >= 15 is 0 Å². The Morgan fingerprint density at radius 1 is 0.758 bits per heavy atom. The number of rotatable bonds is 4. The molecule has 3 heteroatoms. The summed E-state index contributed by atoms with van der Waals surface area (Å²) in [5.74, 6) is -0.130. The molecule has 0 bridgehead atoms. The molecule has 33 heavy (non-hydrogen) atoms. The second-order valence-corrected chi connectivity index (χ2v) is 8.25. The maximum atomic E-state index is 13.4. The molecular weight excluding hydrogens is 404 g/mol. The number of hydrogen-bond donors (Lipinski definition) is 0. The van der Waals surface area contributed by atoms with Gasteiger partial charge in [-0.05, 0) is 48.2 Å². The van der Waals surface area contributed by atoms with Crippen LogP contribution in [0.15, 0.2) is 114 Å². The first-order chi connectivity index (χ1) is 16.0. The zero-order valence-electron chi connectivity index (χ0n) is 18.7. The van der Waals surface area contributed by atoms with E-state index in [-0.39, 0.29) is 5.78 Å². The Labute approximate surface area is 194 Å². The molecule has 4 aromatic carbocycles. The van der Waals surface area contributed by atoms with Crippen LogP contribution in [0, 0.1) is 13.8 Å². The van der Waals surface area contributed by atoms with E-state index in [2.05, 4.69) is 61.7 Å². The highest BCUT2D eigenvalue weighted by Gasteiger charge is 2.31. The minimum absolute atomic E-state index is 0.130. The zero-order valence-corrected chi connectivity index (χ0v) is 18.7. The van der Waals surface area contributed by atoms with E-state index in [1.165, 1.54) is 0 Å². The minimum Gasteiger partial charge on any atom is -0.306 e. The summed E-state index contributed by atoms with van der Waals surface area (Å²) in [5.41, 5.74) is 8.69. The molecule has 0 aromatic heterocycles. The Morgan fingerprint density at radius 3 is 2.06 bits per heavy atom. The van der Waals surface area contributed by atoms with Crippen LogP contribution in [-0.2, 0) is 0 Å². The summed E-state index contributed by atoms with van der Waals surface area (Å²) in [5, 5.41) is 0. The van der Waals surface area contributed by atoms with Gasteiger partial charge < -0.3 is 4.90 Å². The highest BCUT2D eigenvalue weighted by molar-refractivity contribution is 6.53. The minimum atomic E-state index is -0.130. The van der Waals surface area contributed by atoms with E-state index in [0.29, 0.717) is 17.0 Å². The van der Waals surface area contributed by atoms with Crippen LogP contribution in [-0.4, -0.2) is 11.5 Å². The number of allylic oxidation sites excluding steroid dienone is 1. The van der Waals surface area contributed by atoms with Crippen molar-refractivity contribution in [2.45, 2.75) is 13.8 Å². The van der Waals surface area contributed by atoms with Gasteiger partial charge in [-0.25, -0.2) is 4.99 Å². The van der Waals surface area contributed by atoms with Crippen LogP contribution in [0.1, 0.15) is 21.5 Å². The smallest absolute Gasteiger partial charge is 0.213 e. The first-order valence-electron chi connectivity index (χ1n) is 11.0. The van der Waals surface area contributed by atoms with Crippen LogP contribution < -0.4 is 4.90 Å². The molecule has 1 aliphatic heterocycles. The van der Waals surface area contributed by atoms with Crippen molar-refractivity contribution in [3.8, 4) is 11.1 Å².